The minimum absolute atomic E-state index is 0.0274. The molecule has 1 aliphatic heterocycles. The molecule has 1 aliphatic rings. The Balaban J connectivity index is 1.59. The van der Waals surface area contributed by atoms with Crippen molar-refractivity contribution in [3.05, 3.63) is 59.2 Å². The van der Waals surface area contributed by atoms with E-state index >= 15 is 0 Å². The van der Waals surface area contributed by atoms with Crippen LogP contribution in [0.5, 0.6) is 11.5 Å². The van der Waals surface area contributed by atoms with E-state index in [1.165, 1.54) is 18.4 Å². The summed E-state index contributed by atoms with van der Waals surface area (Å²) in [4.78, 5) is 14.8. The first-order valence-corrected chi connectivity index (χ1v) is 9.92. The first kappa shape index (κ1) is 20.2. The number of amides is 1. The van der Waals surface area contributed by atoms with Gasteiger partial charge in [-0.3, -0.25) is 9.69 Å². The number of benzene rings is 2. The molecule has 1 saturated heterocycles. The standard InChI is InChI=1S/C23H30N2O3/c1-17-7-6-8-22(18(17)2)28-16-23(26)24-15-21(25-13-4-5-14-25)19-9-11-20(27-3)12-10-19/h6-12,21H,4-5,13-16H2,1-3H3,(H,24,26)/t21-/m0/s1. The van der Waals surface area contributed by atoms with Crippen LogP contribution in [0.1, 0.15) is 35.6 Å². The third-order valence-corrected chi connectivity index (χ3v) is 5.49. The van der Waals surface area contributed by atoms with E-state index in [4.69, 9.17) is 9.47 Å². The molecule has 0 spiro atoms. The molecular formula is C23H30N2O3. The van der Waals surface area contributed by atoms with E-state index in [0.29, 0.717) is 6.54 Å². The van der Waals surface area contributed by atoms with Crippen molar-refractivity contribution in [3.8, 4) is 11.5 Å². The number of hydrogen-bond acceptors (Lipinski definition) is 4. The molecule has 3 rings (SSSR count). The van der Waals surface area contributed by atoms with Crippen molar-refractivity contribution in [2.45, 2.75) is 32.7 Å². The molecule has 150 valence electrons. The summed E-state index contributed by atoms with van der Waals surface area (Å²) in [6, 6.07) is 14.2. The Labute approximate surface area is 167 Å². The summed E-state index contributed by atoms with van der Waals surface area (Å²) in [5.41, 5.74) is 3.42. The fourth-order valence-electron chi connectivity index (χ4n) is 3.62. The molecule has 1 fully saturated rings. The van der Waals surface area contributed by atoms with Gasteiger partial charge in [0.05, 0.1) is 13.2 Å². The number of carbonyl (C=O) groups excluding carboxylic acids is 1. The maximum Gasteiger partial charge on any atom is 0.258 e. The quantitative estimate of drug-likeness (QED) is 0.757. The third-order valence-electron chi connectivity index (χ3n) is 5.49. The zero-order valence-corrected chi connectivity index (χ0v) is 17.0. The summed E-state index contributed by atoms with van der Waals surface area (Å²) in [6.07, 6.45) is 2.41. The van der Waals surface area contributed by atoms with Gasteiger partial charge in [-0.1, -0.05) is 24.3 Å². The summed E-state index contributed by atoms with van der Waals surface area (Å²) in [5, 5.41) is 3.05. The van der Waals surface area contributed by atoms with E-state index in [2.05, 4.69) is 22.3 Å². The Morgan fingerprint density at radius 2 is 1.82 bits per heavy atom. The molecule has 5 heteroatoms. The third kappa shape index (κ3) is 5.04. The van der Waals surface area contributed by atoms with E-state index in [0.717, 1.165) is 35.7 Å². The monoisotopic (exact) mass is 382 g/mol. The molecule has 0 radical (unpaired) electrons. The van der Waals surface area contributed by atoms with Gasteiger partial charge in [0.15, 0.2) is 6.61 Å². The van der Waals surface area contributed by atoms with Crippen molar-refractivity contribution < 1.29 is 14.3 Å². The largest absolute Gasteiger partial charge is 0.497 e. The average molecular weight is 383 g/mol. The van der Waals surface area contributed by atoms with E-state index in [-0.39, 0.29) is 18.6 Å². The fraction of sp³-hybridized carbons (Fsp3) is 0.435. The smallest absolute Gasteiger partial charge is 0.258 e. The number of likely N-dealkylation sites (tertiary alicyclic amines) is 1. The van der Waals surface area contributed by atoms with Gasteiger partial charge in [-0.05, 0) is 74.7 Å². The number of rotatable bonds is 8. The Bertz CT molecular complexity index is 783. The molecule has 1 N–H and O–H groups in total. The minimum atomic E-state index is -0.0985. The van der Waals surface area contributed by atoms with Gasteiger partial charge in [-0.15, -0.1) is 0 Å². The highest BCUT2D eigenvalue weighted by atomic mass is 16.5. The summed E-state index contributed by atoms with van der Waals surface area (Å²) in [6.45, 7) is 6.77. The van der Waals surface area contributed by atoms with Crippen molar-refractivity contribution in [2.75, 3.05) is 33.4 Å². The number of carbonyl (C=O) groups is 1. The molecule has 2 aromatic carbocycles. The van der Waals surface area contributed by atoms with Gasteiger partial charge in [0, 0.05) is 6.54 Å². The molecule has 0 bridgehead atoms. The van der Waals surface area contributed by atoms with Crippen LogP contribution in [0.15, 0.2) is 42.5 Å². The second kappa shape index (κ2) is 9.60. The van der Waals surface area contributed by atoms with Gasteiger partial charge in [0.1, 0.15) is 11.5 Å². The van der Waals surface area contributed by atoms with E-state index in [1.54, 1.807) is 7.11 Å². The van der Waals surface area contributed by atoms with Crippen molar-refractivity contribution in [1.29, 1.82) is 0 Å². The molecule has 0 aromatic heterocycles. The molecule has 0 aliphatic carbocycles. The molecule has 5 nitrogen and oxygen atoms in total. The van der Waals surface area contributed by atoms with Gasteiger partial charge in [0.25, 0.3) is 5.91 Å². The number of nitrogens with zero attached hydrogens (tertiary/aromatic N) is 1. The van der Waals surface area contributed by atoms with Crippen LogP contribution in [-0.4, -0.2) is 44.2 Å². The lowest BCUT2D eigenvalue weighted by Crippen LogP contribution is -2.38. The molecule has 0 saturated carbocycles. The van der Waals surface area contributed by atoms with Crippen LogP contribution >= 0.6 is 0 Å². The minimum Gasteiger partial charge on any atom is -0.497 e. The summed E-state index contributed by atoms with van der Waals surface area (Å²) in [7, 11) is 1.67. The second-order valence-electron chi connectivity index (χ2n) is 7.32. The molecule has 1 atom stereocenters. The van der Waals surface area contributed by atoms with Crippen LogP contribution in [0.25, 0.3) is 0 Å². The topological polar surface area (TPSA) is 50.8 Å². The first-order valence-electron chi connectivity index (χ1n) is 9.92. The van der Waals surface area contributed by atoms with E-state index < -0.39 is 0 Å². The Hall–Kier alpha value is -2.53. The molecule has 1 amide bonds. The van der Waals surface area contributed by atoms with Crippen LogP contribution in [0.3, 0.4) is 0 Å². The van der Waals surface area contributed by atoms with Crippen LogP contribution < -0.4 is 14.8 Å². The summed E-state index contributed by atoms with van der Waals surface area (Å²) >= 11 is 0. The maximum atomic E-state index is 12.4. The van der Waals surface area contributed by atoms with E-state index in [9.17, 15) is 4.79 Å². The van der Waals surface area contributed by atoms with Crippen LogP contribution in [-0.2, 0) is 4.79 Å². The lowest BCUT2D eigenvalue weighted by Gasteiger charge is -2.28. The Morgan fingerprint density at radius 1 is 1.11 bits per heavy atom. The number of aryl methyl sites for hydroxylation is 1. The van der Waals surface area contributed by atoms with Gasteiger partial charge < -0.3 is 14.8 Å². The predicted octanol–water partition coefficient (Wildman–Crippen LogP) is 3.64. The maximum absolute atomic E-state index is 12.4. The zero-order chi connectivity index (χ0) is 19.9. The zero-order valence-electron chi connectivity index (χ0n) is 17.0. The lowest BCUT2D eigenvalue weighted by molar-refractivity contribution is -0.123. The average Bonchev–Trinajstić information content (AvgIpc) is 3.24. The Kier molecular flexibility index (Phi) is 6.93. The predicted molar refractivity (Wildman–Crippen MR) is 111 cm³/mol. The SMILES string of the molecule is COc1ccc([C@H](CNC(=O)COc2cccc(C)c2C)N2CCCC2)cc1. The fourth-order valence-corrected chi connectivity index (χ4v) is 3.62. The molecular weight excluding hydrogens is 352 g/mol. The molecule has 2 aromatic rings. The number of nitrogens with one attached hydrogen (secondary N) is 1. The molecule has 1 heterocycles. The van der Waals surface area contributed by atoms with Crippen molar-refractivity contribution in [3.63, 3.8) is 0 Å². The van der Waals surface area contributed by atoms with Crippen molar-refractivity contribution >= 4 is 5.91 Å². The van der Waals surface area contributed by atoms with Crippen LogP contribution in [0, 0.1) is 13.8 Å². The van der Waals surface area contributed by atoms with Crippen LogP contribution in [0.4, 0.5) is 0 Å². The van der Waals surface area contributed by atoms with Gasteiger partial charge in [-0.2, -0.15) is 0 Å². The highest BCUT2D eigenvalue weighted by Crippen LogP contribution is 2.26. The number of hydrogen-bond donors (Lipinski definition) is 1. The summed E-state index contributed by atoms with van der Waals surface area (Å²) in [5.74, 6) is 1.51. The van der Waals surface area contributed by atoms with E-state index in [1.807, 2.05) is 44.2 Å². The van der Waals surface area contributed by atoms with Crippen molar-refractivity contribution in [1.82, 2.24) is 10.2 Å². The Morgan fingerprint density at radius 3 is 2.50 bits per heavy atom. The van der Waals surface area contributed by atoms with Crippen molar-refractivity contribution in [2.24, 2.45) is 0 Å². The highest BCUT2D eigenvalue weighted by molar-refractivity contribution is 5.77. The first-order chi connectivity index (χ1) is 13.6. The molecule has 28 heavy (non-hydrogen) atoms. The lowest BCUT2D eigenvalue weighted by atomic mass is 10.1. The van der Waals surface area contributed by atoms with Gasteiger partial charge in [0.2, 0.25) is 0 Å². The number of ether oxygens (including phenoxy) is 2. The highest BCUT2D eigenvalue weighted by Gasteiger charge is 2.24. The van der Waals surface area contributed by atoms with Gasteiger partial charge in [-0.25, -0.2) is 0 Å². The number of methoxy groups -OCH3 is 1. The summed E-state index contributed by atoms with van der Waals surface area (Å²) < 4.78 is 11.0. The second-order valence-corrected chi connectivity index (χ2v) is 7.32. The van der Waals surface area contributed by atoms with Crippen LogP contribution in [0.2, 0.25) is 0 Å². The molecule has 0 unspecified atom stereocenters. The normalized spacial score (nSPS) is 15.2. The van der Waals surface area contributed by atoms with Gasteiger partial charge >= 0.3 is 0 Å².